The van der Waals surface area contributed by atoms with Gasteiger partial charge in [-0.05, 0) is 57.1 Å². The van der Waals surface area contributed by atoms with Crippen LogP contribution in [0.4, 0.5) is 0 Å². The van der Waals surface area contributed by atoms with Crippen LogP contribution in [-0.4, -0.2) is 72.3 Å². The van der Waals surface area contributed by atoms with E-state index in [-0.39, 0.29) is 35.7 Å². The highest BCUT2D eigenvalue weighted by Gasteiger charge is 2.45. The van der Waals surface area contributed by atoms with E-state index in [4.69, 9.17) is 0 Å². The number of hydrogen-bond donors (Lipinski definition) is 2. The Labute approximate surface area is 203 Å². The molecule has 1 aromatic rings. The summed E-state index contributed by atoms with van der Waals surface area (Å²) in [5.41, 5.74) is 1.02. The molecule has 3 aliphatic rings. The van der Waals surface area contributed by atoms with Crippen LogP contribution < -0.4 is 10.6 Å². The van der Waals surface area contributed by atoms with Gasteiger partial charge in [0.15, 0.2) is 0 Å². The standard InChI is InChI=1S/C27H40N4O3/c1-19(28-2)26(33)29-25(22-11-7-4-8-12-22)27(34)31-16-14-21-13-15-30(18-23(21)31)24(32)17-20-9-5-3-6-10-20/h3,5-6,9-10,19,21-23,25,28H,4,7-8,11-18H2,1-2H3,(H,29,33)/t19-,21+,23+,25-/m0/s1. The summed E-state index contributed by atoms with van der Waals surface area (Å²) in [7, 11) is 1.76. The Kier molecular flexibility index (Phi) is 8.24. The quantitative estimate of drug-likeness (QED) is 0.644. The summed E-state index contributed by atoms with van der Waals surface area (Å²) >= 11 is 0. The molecule has 186 valence electrons. The Balaban J connectivity index is 1.46. The molecule has 2 heterocycles. The Hall–Kier alpha value is -2.41. The molecule has 0 aromatic heterocycles. The molecule has 2 N–H and O–H groups in total. The second-order valence-corrected chi connectivity index (χ2v) is 10.3. The van der Waals surface area contributed by atoms with Crippen molar-refractivity contribution in [1.29, 1.82) is 0 Å². The van der Waals surface area contributed by atoms with E-state index in [1.165, 1.54) is 6.42 Å². The molecule has 0 bridgehead atoms. The highest BCUT2D eigenvalue weighted by atomic mass is 16.2. The van der Waals surface area contributed by atoms with Crippen molar-refractivity contribution in [3.05, 3.63) is 35.9 Å². The lowest BCUT2D eigenvalue weighted by Gasteiger charge is -2.41. The van der Waals surface area contributed by atoms with Gasteiger partial charge in [-0.1, -0.05) is 49.6 Å². The third-order valence-electron chi connectivity index (χ3n) is 8.21. The summed E-state index contributed by atoms with van der Waals surface area (Å²) in [4.78, 5) is 43.6. The first-order chi connectivity index (χ1) is 16.5. The van der Waals surface area contributed by atoms with Crippen molar-refractivity contribution >= 4 is 17.7 Å². The van der Waals surface area contributed by atoms with E-state index in [1.807, 2.05) is 47.1 Å². The number of carbonyl (C=O) groups excluding carboxylic acids is 3. The van der Waals surface area contributed by atoms with E-state index < -0.39 is 6.04 Å². The summed E-state index contributed by atoms with van der Waals surface area (Å²) in [6.07, 6.45) is 7.70. The number of nitrogens with zero attached hydrogens (tertiary/aromatic N) is 2. The SMILES string of the molecule is CN[C@@H](C)C(=O)N[C@H](C(=O)N1CC[C@H]2CCN(C(=O)Cc3ccccc3)C[C@H]21)C1CCCCC1. The fourth-order valence-electron chi connectivity index (χ4n) is 5.96. The monoisotopic (exact) mass is 468 g/mol. The van der Waals surface area contributed by atoms with E-state index in [9.17, 15) is 14.4 Å². The van der Waals surface area contributed by atoms with Crippen molar-refractivity contribution in [2.24, 2.45) is 11.8 Å². The second kappa shape index (κ2) is 11.3. The van der Waals surface area contributed by atoms with Crippen LogP contribution in [-0.2, 0) is 20.8 Å². The maximum absolute atomic E-state index is 13.9. The van der Waals surface area contributed by atoms with Gasteiger partial charge in [0.05, 0.1) is 18.5 Å². The van der Waals surface area contributed by atoms with E-state index in [0.717, 1.165) is 57.2 Å². The van der Waals surface area contributed by atoms with E-state index >= 15 is 0 Å². The number of rotatable bonds is 7. The van der Waals surface area contributed by atoms with Crippen molar-refractivity contribution in [3.63, 3.8) is 0 Å². The van der Waals surface area contributed by atoms with Crippen molar-refractivity contribution in [1.82, 2.24) is 20.4 Å². The van der Waals surface area contributed by atoms with Crippen LogP contribution >= 0.6 is 0 Å². The summed E-state index contributed by atoms with van der Waals surface area (Å²) in [6, 6.07) is 9.08. The van der Waals surface area contributed by atoms with Gasteiger partial charge in [0.25, 0.3) is 0 Å². The predicted octanol–water partition coefficient (Wildman–Crippen LogP) is 2.35. The van der Waals surface area contributed by atoms with Gasteiger partial charge in [0.2, 0.25) is 17.7 Å². The Morgan fingerprint density at radius 2 is 1.71 bits per heavy atom. The number of benzene rings is 1. The van der Waals surface area contributed by atoms with Gasteiger partial charge < -0.3 is 20.4 Å². The molecular formula is C27H40N4O3. The number of hydrogen-bond acceptors (Lipinski definition) is 4. The van der Waals surface area contributed by atoms with E-state index in [1.54, 1.807) is 7.05 Å². The number of nitrogens with one attached hydrogen (secondary N) is 2. The minimum absolute atomic E-state index is 0.0469. The molecule has 7 nitrogen and oxygen atoms in total. The molecule has 7 heteroatoms. The zero-order chi connectivity index (χ0) is 24.1. The first-order valence-electron chi connectivity index (χ1n) is 13.1. The Morgan fingerprint density at radius 1 is 1.00 bits per heavy atom. The largest absolute Gasteiger partial charge is 0.343 e. The summed E-state index contributed by atoms with van der Waals surface area (Å²) < 4.78 is 0. The highest BCUT2D eigenvalue weighted by molar-refractivity contribution is 5.90. The lowest BCUT2D eigenvalue weighted by atomic mass is 9.83. The van der Waals surface area contributed by atoms with Gasteiger partial charge in [0.1, 0.15) is 6.04 Å². The van der Waals surface area contributed by atoms with Crippen molar-refractivity contribution in [3.8, 4) is 0 Å². The van der Waals surface area contributed by atoms with E-state index in [0.29, 0.717) is 18.9 Å². The van der Waals surface area contributed by atoms with Gasteiger partial charge in [-0.2, -0.15) is 0 Å². The number of likely N-dealkylation sites (tertiary alicyclic amines) is 2. The zero-order valence-corrected chi connectivity index (χ0v) is 20.7. The third-order valence-corrected chi connectivity index (χ3v) is 8.21. The molecule has 2 saturated heterocycles. The number of amides is 3. The minimum Gasteiger partial charge on any atom is -0.343 e. The molecule has 0 unspecified atom stereocenters. The fraction of sp³-hybridized carbons (Fsp3) is 0.667. The molecule has 1 aromatic carbocycles. The van der Waals surface area contributed by atoms with Gasteiger partial charge in [-0.15, -0.1) is 0 Å². The zero-order valence-electron chi connectivity index (χ0n) is 20.7. The number of fused-ring (bicyclic) bond motifs is 1. The van der Waals surface area contributed by atoms with Crippen molar-refractivity contribution in [2.75, 3.05) is 26.7 Å². The predicted molar refractivity (Wildman–Crippen MR) is 132 cm³/mol. The molecule has 3 fully saturated rings. The first kappa shape index (κ1) is 24.7. The summed E-state index contributed by atoms with van der Waals surface area (Å²) in [5, 5.41) is 6.09. The molecule has 34 heavy (non-hydrogen) atoms. The lowest BCUT2D eigenvalue weighted by molar-refractivity contribution is -0.142. The lowest BCUT2D eigenvalue weighted by Crippen LogP contribution is -2.59. The Bertz CT molecular complexity index is 855. The molecule has 2 aliphatic heterocycles. The van der Waals surface area contributed by atoms with Crippen LogP contribution in [0.15, 0.2) is 30.3 Å². The summed E-state index contributed by atoms with van der Waals surface area (Å²) in [5.74, 6) is 0.680. The number of piperidine rings is 1. The topological polar surface area (TPSA) is 81.8 Å². The molecule has 4 atom stereocenters. The Morgan fingerprint density at radius 3 is 2.41 bits per heavy atom. The number of carbonyl (C=O) groups is 3. The first-order valence-corrected chi connectivity index (χ1v) is 13.1. The summed E-state index contributed by atoms with van der Waals surface area (Å²) in [6.45, 7) is 3.90. The molecule has 0 radical (unpaired) electrons. The third kappa shape index (κ3) is 5.62. The second-order valence-electron chi connectivity index (χ2n) is 10.3. The molecule has 4 rings (SSSR count). The average molecular weight is 469 g/mol. The molecule has 0 spiro atoms. The van der Waals surface area contributed by atoms with Crippen LogP contribution in [0.3, 0.4) is 0 Å². The van der Waals surface area contributed by atoms with Gasteiger partial charge in [-0.3, -0.25) is 14.4 Å². The van der Waals surface area contributed by atoms with Gasteiger partial charge >= 0.3 is 0 Å². The maximum atomic E-state index is 13.9. The van der Waals surface area contributed by atoms with Gasteiger partial charge in [-0.25, -0.2) is 0 Å². The maximum Gasteiger partial charge on any atom is 0.245 e. The van der Waals surface area contributed by atoms with Crippen molar-refractivity contribution in [2.45, 2.75) is 76.4 Å². The minimum atomic E-state index is -0.474. The van der Waals surface area contributed by atoms with Crippen LogP contribution in [0.25, 0.3) is 0 Å². The molecule has 1 aliphatic carbocycles. The van der Waals surface area contributed by atoms with Gasteiger partial charge in [0, 0.05) is 19.6 Å². The van der Waals surface area contributed by atoms with Crippen LogP contribution in [0.1, 0.15) is 57.4 Å². The molecular weight excluding hydrogens is 428 g/mol. The smallest absolute Gasteiger partial charge is 0.245 e. The van der Waals surface area contributed by atoms with Crippen LogP contribution in [0.5, 0.6) is 0 Å². The molecule has 3 amide bonds. The van der Waals surface area contributed by atoms with Crippen molar-refractivity contribution < 1.29 is 14.4 Å². The highest BCUT2D eigenvalue weighted by Crippen LogP contribution is 2.34. The molecule has 1 saturated carbocycles. The fourth-order valence-corrected chi connectivity index (χ4v) is 5.96. The number of likely N-dealkylation sites (N-methyl/N-ethyl adjacent to an activating group) is 1. The van der Waals surface area contributed by atoms with E-state index in [2.05, 4.69) is 10.6 Å². The normalized spacial score (nSPS) is 24.9. The average Bonchev–Trinajstić information content (AvgIpc) is 3.30. The van der Waals surface area contributed by atoms with Crippen LogP contribution in [0, 0.1) is 11.8 Å². The van der Waals surface area contributed by atoms with Crippen LogP contribution in [0.2, 0.25) is 0 Å².